The number of oxazole rings is 1. The Morgan fingerprint density at radius 1 is 1.33 bits per heavy atom. The van der Waals surface area contributed by atoms with Crippen molar-refractivity contribution >= 4 is 40.7 Å². The third-order valence-electron chi connectivity index (χ3n) is 2.58. The molecule has 2 N–H and O–H groups in total. The number of rotatable bonds is 5. The number of benzene rings is 1. The van der Waals surface area contributed by atoms with Gasteiger partial charge in [-0.3, -0.25) is 0 Å². The molecule has 1 aromatic heterocycles. The number of aromatic nitrogens is 1. The van der Waals surface area contributed by atoms with Crippen LogP contribution in [0.1, 0.15) is 12.1 Å². The lowest BCUT2D eigenvalue weighted by Gasteiger charge is -2.03. The first-order valence-electron chi connectivity index (χ1n) is 5.97. The maximum Gasteiger partial charge on any atom is 0.232 e. The van der Waals surface area contributed by atoms with E-state index in [0.29, 0.717) is 23.6 Å². The molecule has 5 nitrogen and oxygen atoms in total. The lowest BCUT2D eigenvalue weighted by molar-refractivity contribution is 0.292. The van der Waals surface area contributed by atoms with Crippen LogP contribution in [0.4, 0.5) is 5.88 Å². The van der Waals surface area contributed by atoms with Crippen molar-refractivity contribution in [2.24, 2.45) is 0 Å². The number of nitrogens with one attached hydrogen (secondary N) is 1. The summed E-state index contributed by atoms with van der Waals surface area (Å²) in [4.78, 5) is 4.07. The first-order chi connectivity index (χ1) is 10.1. The summed E-state index contributed by atoms with van der Waals surface area (Å²) in [7, 11) is 0. The number of nitriles is 1. The molecule has 0 bridgehead atoms. The van der Waals surface area contributed by atoms with E-state index in [1.807, 2.05) is 6.07 Å². The van der Waals surface area contributed by atoms with E-state index in [1.165, 1.54) is 6.07 Å². The van der Waals surface area contributed by atoms with Crippen LogP contribution in [-0.4, -0.2) is 23.2 Å². The first-order valence-corrected chi connectivity index (χ1v) is 7.10. The molecule has 1 heterocycles. The molecule has 0 fully saturated rings. The van der Waals surface area contributed by atoms with Crippen LogP contribution in [0.2, 0.25) is 15.1 Å². The molecule has 110 valence electrons. The van der Waals surface area contributed by atoms with Gasteiger partial charge >= 0.3 is 0 Å². The van der Waals surface area contributed by atoms with Gasteiger partial charge in [-0.25, -0.2) is 0 Å². The number of aliphatic hydroxyl groups excluding tert-OH is 1. The number of aliphatic hydroxyl groups is 1. The predicted molar refractivity (Wildman–Crippen MR) is 81.9 cm³/mol. The molecule has 0 atom stereocenters. The van der Waals surface area contributed by atoms with E-state index >= 15 is 0 Å². The van der Waals surface area contributed by atoms with Crippen molar-refractivity contribution in [1.82, 2.24) is 4.98 Å². The van der Waals surface area contributed by atoms with E-state index in [-0.39, 0.29) is 34.1 Å². The third kappa shape index (κ3) is 3.60. The van der Waals surface area contributed by atoms with Crippen LogP contribution in [0.3, 0.4) is 0 Å². The van der Waals surface area contributed by atoms with Crippen molar-refractivity contribution in [3.05, 3.63) is 32.9 Å². The van der Waals surface area contributed by atoms with Gasteiger partial charge in [0.05, 0.1) is 15.6 Å². The molecule has 0 saturated heterocycles. The number of halogens is 3. The Morgan fingerprint density at radius 3 is 2.76 bits per heavy atom. The van der Waals surface area contributed by atoms with E-state index in [4.69, 9.17) is 49.6 Å². The first kappa shape index (κ1) is 15.9. The summed E-state index contributed by atoms with van der Waals surface area (Å²) in [6.45, 7) is 0.482. The predicted octanol–water partition coefficient (Wildman–Crippen LogP) is 3.97. The zero-order valence-corrected chi connectivity index (χ0v) is 12.9. The van der Waals surface area contributed by atoms with Gasteiger partial charge in [-0.05, 0) is 18.6 Å². The van der Waals surface area contributed by atoms with Crippen LogP contribution in [0.15, 0.2) is 16.5 Å². The molecular formula is C13H10Cl3N3O2. The molecule has 0 aliphatic carbocycles. The second-order valence-electron chi connectivity index (χ2n) is 4.06. The molecular weight excluding hydrogens is 337 g/mol. The number of anilines is 1. The Morgan fingerprint density at radius 2 is 2.10 bits per heavy atom. The summed E-state index contributed by atoms with van der Waals surface area (Å²) in [6, 6.07) is 4.98. The summed E-state index contributed by atoms with van der Waals surface area (Å²) >= 11 is 18.0. The topological polar surface area (TPSA) is 82.1 Å². The highest BCUT2D eigenvalue weighted by Gasteiger charge is 2.18. The fourth-order valence-corrected chi connectivity index (χ4v) is 2.31. The average Bonchev–Trinajstić information content (AvgIpc) is 2.86. The highest BCUT2D eigenvalue weighted by atomic mass is 35.5. The van der Waals surface area contributed by atoms with Crippen molar-refractivity contribution in [2.45, 2.75) is 6.42 Å². The largest absolute Gasteiger partial charge is 0.419 e. The third-order valence-corrected chi connectivity index (χ3v) is 3.60. The van der Waals surface area contributed by atoms with E-state index in [1.54, 1.807) is 6.07 Å². The van der Waals surface area contributed by atoms with Gasteiger partial charge < -0.3 is 14.8 Å². The van der Waals surface area contributed by atoms with Crippen LogP contribution in [0.5, 0.6) is 0 Å². The summed E-state index contributed by atoms with van der Waals surface area (Å²) in [5.41, 5.74) is 0.496. The van der Waals surface area contributed by atoms with Gasteiger partial charge in [0.2, 0.25) is 17.5 Å². The van der Waals surface area contributed by atoms with Gasteiger partial charge in [-0.15, -0.1) is 0 Å². The molecule has 2 rings (SSSR count). The van der Waals surface area contributed by atoms with Gasteiger partial charge in [0.1, 0.15) is 6.07 Å². The molecule has 0 unspecified atom stereocenters. The molecule has 8 heteroatoms. The van der Waals surface area contributed by atoms with Crippen LogP contribution < -0.4 is 5.32 Å². The Kier molecular flexibility index (Phi) is 5.32. The Labute approximate surface area is 136 Å². The van der Waals surface area contributed by atoms with Crippen LogP contribution in [0.25, 0.3) is 11.5 Å². The lowest BCUT2D eigenvalue weighted by atomic mass is 10.2. The number of hydrogen-bond donors (Lipinski definition) is 2. The molecule has 0 spiro atoms. The van der Waals surface area contributed by atoms with Crippen molar-refractivity contribution < 1.29 is 9.52 Å². The summed E-state index contributed by atoms with van der Waals surface area (Å²) in [5.74, 6) is 0.362. The van der Waals surface area contributed by atoms with Crippen molar-refractivity contribution in [1.29, 1.82) is 5.26 Å². The van der Waals surface area contributed by atoms with Gasteiger partial charge in [0.15, 0.2) is 0 Å². The molecule has 0 aliphatic heterocycles. The second-order valence-corrected chi connectivity index (χ2v) is 5.28. The zero-order valence-electron chi connectivity index (χ0n) is 10.7. The zero-order chi connectivity index (χ0) is 15.4. The molecule has 0 aliphatic rings. The van der Waals surface area contributed by atoms with Gasteiger partial charge in [0.25, 0.3) is 0 Å². The second kappa shape index (κ2) is 7.01. The number of hydrogen-bond acceptors (Lipinski definition) is 5. The number of nitrogens with zero attached hydrogens (tertiary/aromatic N) is 2. The normalized spacial score (nSPS) is 10.4. The standard InChI is InChI=1S/C13H10Cl3N3O2/c14-7-4-8(11(16)9(15)5-7)12-19-10(6-17)13(21-12)18-2-1-3-20/h4-5,18,20H,1-3H2. The summed E-state index contributed by atoms with van der Waals surface area (Å²) in [6.07, 6.45) is 0.519. The van der Waals surface area contributed by atoms with E-state index in [2.05, 4.69) is 10.3 Å². The fourth-order valence-electron chi connectivity index (χ4n) is 1.62. The molecule has 2 aromatic rings. The summed E-state index contributed by atoms with van der Waals surface area (Å²) in [5, 5.41) is 21.6. The quantitative estimate of drug-likeness (QED) is 0.632. The van der Waals surface area contributed by atoms with Crippen molar-refractivity contribution in [3.63, 3.8) is 0 Å². The van der Waals surface area contributed by atoms with E-state index in [0.717, 1.165) is 0 Å². The van der Waals surface area contributed by atoms with E-state index < -0.39 is 0 Å². The maximum absolute atomic E-state index is 9.07. The molecule has 1 aromatic carbocycles. The van der Waals surface area contributed by atoms with Gasteiger partial charge in [-0.1, -0.05) is 34.8 Å². The monoisotopic (exact) mass is 345 g/mol. The van der Waals surface area contributed by atoms with Crippen LogP contribution in [-0.2, 0) is 0 Å². The Bertz CT molecular complexity index is 695. The lowest BCUT2D eigenvalue weighted by Crippen LogP contribution is -2.03. The van der Waals surface area contributed by atoms with Crippen LogP contribution >= 0.6 is 34.8 Å². The average molecular weight is 347 g/mol. The van der Waals surface area contributed by atoms with E-state index in [9.17, 15) is 0 Å². The minimum atomic E-state index is 0.0333. The molecule has 0 radical (unpaired) electrons. The SMILES string of the molecule is N#Cc1nc(-c2cc(Cl)cc(Cl)c2Cl)oc1NCCCO. The van der Waals surface area contributed by atoms with Crippen LogP contribution in [0, 0.1) is 11.3 Å². The molecule has 0 saturated carbocycles. The van der Waals surface area contributed by atoms with Crippen molar-refractivity contribution in [3.8, 4) is 17.5 Å². The highest BCUT2D eigenvalue weighted by Crippen LogP contribution is 2.37. The van der Waals surface area contributed by atoms with Crippen molar-refractivity contribution in [2.75, 3.05) is 18.5 Å². The molecule has 0 amide bonds. The Hall–Kier alpha value is -1.45. The van der Waals surface area contributed by atoms with Gasteiger partial charge in [-0.2, -0.15) is 10.2 Å². The minimum absolute atomic E-state index is 0.0333. The minimum Gasteiger partial charge on any atom is -0.419 e. The highest BCUT2D eigenvalue weighted by molar-refractivity contribution is 6.44. The van der Waals surface area contributed by atoms with Gasteiger partial charge in [0, 0.05) is 18.2 Å². The molecule has 21 heavy (non-hydrogen) atoms. The summed E-state index contributed by atoms with van der Waals surface area (Å²) < 4.78 is 5.50. The maximum atomic E-state index is 9.07. The fraction of sp³-hybridized carbons (Fsp3) is 0.231. The Balaban J connectivity index is 2.39. The smallest absolute Gasteiger partial charge is 0.232 e.